The van der Waals surface area contributed by atoms with Crippen LogP contribution in [0.1, 0.15) is 177 Å². The molecule has 0 aromatic carbocycles. The van der Waals surface area contributed by atoms with Gasteiger partial charge >= 0.3 is 0 Å². The molecule has 2 aromatic heterocycles. The molecule has 4 N–H and O–H groups in total. The van der Waals surface area contributed by atoms with Crippen LogP contribution in [0.4, 0.5) is 0 Å². The van der Waals surface area contributed by atoms with E-state index in [2.05, 4.69) is 98.5 Å². The van der Waals surface area contributed by atoms with Crippen molar-refractivity contribution in [2.24, 2.45) is 117 Å². The zero-order valence-corrected chi connectivity index (χ0v) is 47.3. The van der Waals surface area contributed by atoms with Crippen LogP contribution in [-0.2, 0) is 38.8 Å². The maximum Gasteiger partial charge on any atom is 0.174 e. The topological polar surface area (TPSA) is 196 Å². The first-order valence-electron chi connectivity index (χ1n) is 29.6. The van der Waals surface area contributed by atoms with Crippen molar-refractivity contribution in [1.82, 2.24) is 40.8 Å². The number of nitrogens with zero attached hydrogens (tertiary/aromatic N) is 7. The number of H-pyrrole nitrogens is 1. The minimum Gasteiger partial charge on any atom is -0.393 e. The molecule has 0 spiro atoms. The predicted octanol–water partition coefficient (Wildman–Crippen LogP) is 9.27. The minimum absolute atomic E-state index is 0.0495. The number of aromatic nitrogens is 8. The van der Waals surface area contributed by atoms with Crippen LogP contribution in [0.3, 0.4) is 0 Å². The number of aliphatic hydroxyl groups is 3. The van der Waals surface area contributed by atoms with Gasteiger partial charge in [-0.2, -0.15) is 5.21 Å². The predicted molar refractivity (Wildman–Crippen MR) is 279 cm³/mol. The Morgan fingerprint density at radius 3 is 1.92 bits per heavy atom. The molecular weight excluding hydrogens is 921 g/mol. The third-order valence-electron chi connectivity index (χ3n) is 24.0. The summed E-state index contributed by atoms with van der Waals surface area (Å²) in [7, 11) is 5.45. The Bertz CT molecular complexity index is 2080. The van der Waals surface area contributed by atoms with Crippen LogP contribution < -0.4 is 0 Å². The summed E-state index contributed by atoms with van der Waals surface area (Å²) in [6.07, 6.45) is 19.0. The summed E-state index contributed by atoms with van der Waals surface area (Å²) in [6, 6.07) is 0. The van der Waals surface area contributed by atoms with E-state index in [9.17, 15) is 15.3 Å². The Labute approximate surface area is 438 Å². The second-order valence-electron chi connectivity index (χ2n) is 27.2. The number of tetrazole rings is 2. The van der Waals surface area contributed by atoms with Crippen LogP contribution >= 0.6 is 0 Å². The fraction of sp³-hybridized carbons (Fsp3) is 0.966. The molecule has 15 heteroatoms. The summed E-state index contributed by atoms with van der Waals surface area (Å²) >= 11 is 0. The van der Waals surface area contributed by atoms with Crippen molar-refractivity contribution in [2.75, 3.05) is 27.8 Å². The van der Waals surface area contributed by atoms with Gasteiger partial charge in [0.1, 0.15) is 13.6 Å². The highest BCUT2D eigenvalue weighted by atomic mass is 16.7. The van der Waals surface area contributed by atoms with Crippen molar-refractivity contribution in [3.8, 4) is 0 Å². The fourth-order valence-electron chi connectivity index (χ4n) is 20.8. The van der Waals surface area contributed by atoms with E-state index in [-0.39, 0.29) is 64.5 Å². The average Bonchev–Trinajstić information content (AvgIpc) is 4.16. The van der Waals surface area contributed by atoms with E-state index in [0.717, 1.165) is 101 Å². The average molecular weight is 1020 g/mol. The van der Waals surface area contributed by atoms with Crippen LogP contribution in [0.25, 0.3) is 0 Å². The lowest BCUT2D eigenvalue weighted by molar-refractivity contribution is -0.231. The first kappa shape index (κ1) is 55.6. The third-order valence-corrected chi connectivity index (χ3v) is 24.0. The van der Waals surface area contributed by atoms with Crippen molar-refractivity contribution in [2.45, 2.75) is 208 Å². The zero-order chi connectivity index (χ0) is 52.2. The van der Waals surface area contributed by atoms with E-state index in [1.54, 1.807) is 14.2 Å². The molecule has 8 aliphatic rings. The summed E-state index contributed by atoms with van der Waals surface area (Å²) in [5.41, 5.74) is 0.846. The molecule has 414 valence electrons. The van der Waals surface area contributed by atoms with Gasteiger partial charge < -0.3 is 34.3 Å². The third kappa shape index (κ3) is 9.83. The maximum atomic E-state index is 11.8. The van der Waals surface area contributed by atoms with Gasteiger partial charge in [-0.1, -0.05) is 86.8 Å². The van der Waals surface area contributed by atoms with Gasteiger partial charge in [-0.05, 0) is 204 Å². The van der Waals surface area contributed by atoms with Crippen molar-refractivity contribution in [1.29, 1.82) is 0 Å². The minimum atomic E-state index is -0.325. The molecule has 0 radical (unpaired) electrons. The molecule has 15 nitrogen and oxygen atoms in total. The number of aromatic amines is 1. The quantitative estimate of drug-likeness (QED) is 0.116. The normalized spacial score (nSPS) is 46.7. The molecule has 2 heterocycles. The zero-order valence-electron chi connectivity index (χ0n) is 47.3. The molecule has 0 amide bonds. The van der Waals surface area contributed by atoms with Crippen LogP contribution in [0, 0.1) is 110 Å². The SMILES string of the molecule is CC[C@H]1[C@@H](O)C2C3C[C@H](O)[C@H]([C@H](C)CCc4nn[nH]n4)[C@@]3(C)CCC2[C@@]2(C)CC[C@@H](O)C[C@@H]12.CC[C@H]1[C@@H](OCOC)C2C3C[C@H](OCOC)[C@H]([C@H](C)CCc4nnnn4C)[C@@]3(C)CCC2[C@@]2(C)CC[C@@H](C)C[C@@H]12. The van der Waals surface area contributed by atoms with Crippen LogP contribution in [0.2, 0.25) is 0 Å². The summed E-state index contributed by atoms with van der Waals surface area (Å²) in [5.74, 6) is 8.99. The molecule has 8 aliphatic carbocycles. The van der Waals surface area contributed by atoms with E-state index in [0.29, 0.717) is 78.2 Å². The molecule has 2 aromatic rings. The lowest BCUT2D eigenvalue weighted by Crippen LogP contribution is -2.62. The number of hydrogen-bond acceptors (Lipinski definition) is 13. The monoisotopic (exact) mass is 1020 g/mol. The highest BCUT2D eigenvalue weighted by molar-refractivity contribution is 5.17. The van der Waals surface area contributed by atoms with E-state index in [1.165, 1.54) is 38.5 Å². The Morgan fingerprint density at radius 1 is 0.671 bits per heavy atom. The second kappa shape index (κ2) is 22.3. The Morgan fingerprint density at radius 2 is 1.27 bits per heavy atom. The van der Waals surface area contributed by atoms with Crippen LogP contribution in [0.15, 0.2) is 0 Å². The number of rotatable bonds is 16. The lowest BCUT2D eigenvalue weighted by Gasteiger charge is -2.65. The number of aliphatic hydroxyl groups excluding tert-OH is 3. The van der Waals surface area contributed by atoms with Gasteiger partial charge in [0.2, 0.25) is 0 Å². The Hall–Kier alpha value is -2.14. The molecule has 8 saturated carbocycles. The second-order valence-corrected chi connectivity index (χ2v) is 27.2. The van der Waals surface area contributed by atoms with Gasteiger partial charge in [0, 0.05) is 34.1 Å². The highest BCUT2D eigenvalue weighted by Gasteiger charge is 2.69. The van der Waals surface area contributed by atoms with Crippen molar-refractivity contribution < 1.29 is 34.3 Å². The smallest absolute Gasteiger partial charge is 0.174 e. The first-order chi connectivity index (χ1) is 34.9. The van der Waals surface area contributed by atoms with Gasteiger partial charge in [0.25, 0.3) is 0 Å². The number of nitrogens with one attached hydrogen (secondary N) is 1. The van der Waals surface area contributed by atoms with Crippen molar-refractivity contribution in [3.05, 3.63) is 11.6 Å². The van der Waals surface area contributed by atoms with Gasteiger partial charge in [0.15, 0.2) is 11.6 Å². The summed E-state index contributed by atoms with van der Waals surface area (Å²) in [5, 5.41) is 60.3. The molecule has 8 fully saturated rings. The number of ether oxygens (including phenoxy) is 4. The summed E-state index contributed by atoms with van der Waals surface area (Å²) in [6.45, 7) is 22.7. The molecule has 0 saturated heterocycles. The van der Waals surface area contributed by atoms with Crippen LogP contribution in [0.5, 0.6) is 0 Å². The van der Waals surface area contributed by atoms with E-state index in [4.69, 9.17) is 18.9 Å². The van der Waals surface area contributed by atoms with Gasteiger partial charge in [-0.25, -0.2) is 4.68 Å². The van der Waals surface area contributed by atoms with Crippen molar-refractivity contribution >= 4 is 0 Å². The van der Waals surface area contributed by atoms with E-state index >= 15 is 0 Å². The van der Waals surface area contributed by atoms with Gasteiger partial charge in [-0.3, -0.25) is 0 Å². The Kier molecular flexibility index (Phi) is 17.0. The lowest BCUT2D eigenvalue weighted by atomic mass is 9.41. The molecule has 24 atom stereocenters. The number of fused-ring (bicyclic) bond motifs is 10. The van der Waals surface area contributed by atoms with Gasteiger partial charge in [-0.15, -0.1) is 15.3 Å². The molecule has 6 unspecified atom stereocenters. The molecule has 0 bridgehead atoms. The van der Waals surface area contributed by atoms with Crippen molar-refractivity contribution in [3.63, 3.8) is 0 Å². The number of methoxy groups -OCH3 is 2. The summed E-state index contributed by atoms with van der Waals surface area (Å²) < 4.78 is 26.2. The number of hydrogen-bond donors (Lipinski definition) is 4. The van der Waals surface area contributed by atoms with Crippen LogP contribution in [-0.4, -0.2) is 114 Å². The molecule has 73 heavy (non-hydrogen) atoms. The maximum absolute atomic E-state index is 11.8. The molecule has 0 aliphatic heterocycles. The largest absolute Gasteiger partial charge is 0.393 e. The van der Waals surface area contributed by atoms with E-state index in [1.807, 2.05) is 11.7 Å². The van der Waals surface area contributed by atoms with Gasteiger partial charge in [0.05, 0.1) is 30.5 Å². The summed E-state index contributed by atoms with van der Waals surface area (Å²) in [4.78, 5) is 0. The Balaban J connectivity index is 0.000000183. The highest BCUT2D eigenvalue weighted by Crippen LogP contribution is 2.72. The standard InChI is InChI=1S/C32H56N4O4.C26H44N4O3/c1-9-22-24-16-20(2)12-14-31(24,4)23-13-15-32(5)25(28(23)30(22)40-19-38-8)17-26(39-18-37-7)29(32)21(3)10-11-27-33-34-35-36(27)6;1-5-16-18-12-15(31)8-10-25(18,3)17-9-11-26(4)19(22(17)24(16)33)13-20(32)23(26)14(2)6-7-21-27-29-30-28-21/h20-26,28-30H,9-19H2,1-8H3;14-20,22-24,31-33H,5-13H2,1-4H3,(H,27,28,29,30)/t20-,21-,22-,23?,24+,25?,26+,28?,29+,30-,31-,32+;14-,15-,16-,17?,18+,19?,20+,22?,23+,24-,25-,26+/m11/s1. The first-order valence-corrected chi connectivity index (χ1v) is 29.6. The number of aryl methyl sites for hydroxylation is 3. The fourth-order valence-corrected chi connectivity index (χ4v) is 20.8. The van der Waals surface area contributed by atoms with E-state index < -0.39 is 0 Å². The molecule has 10 rings (SSSR count). The molecular formula is C58H100N8O7.